The second-order valence-electron chi connectivity index (χ2n) is 7.62. The number of sulfonamides is 1. The quantitative estimate of drug-likeness (QED) is 0.754. The lowest BCUT2D eigenvalue weighted by Crippen LogP contribution is -2.41. The molecule has 0 unspecified atom stereocenters. The molecule has 2 fully saturated rings. The van der Waals surface area contributed by atoms with Crippen molar-refractivity contribution >= 4 is 22.6 Å². The van der Waals surface area contributed by atoms with E-state index in [1.165, 1.54) is 4.31 Å². The van der Waals surface area contributed by atoms with Gasteiger partial charge in [-0.15, -0.1) is 0 Å². The summed E-state index contributed by atoms with van der Waals surface area (Å²) in [6.07, 6.45) is 0. The van der Waals surface area contributed by atoms with Gasteiger partial charge in [0.1, 0.15) is 0 Å². The van der Waals surface area contributed by atoms with Crippen LogP contribution in [0.5, 0.6) is 0 Å². The molecule has 0 aliphatic carbocycles. The molecule has 1 aromatic carbocycles. The van der Waals surface area contributed by atoms with Crippen LogP contribution in [0.25, 0.3) is 0 Å². The summed E-state index contributed by atoms with van der Waals surface area (Å²) >= 11 is 0. The average molecular weight is 367 g/mol. The van der Waals surface area contributed by atoms with Crippen LogP contribution in [-0.2, 0) is 24.1 Å². The Morgan fingerprint density at radius 2 is 1.60 bits per heavy atom. The first-order valence-corrected chi connectivity index (χ1v) is 10.0. The van der Waals surface area contributed by atoms with Gasteiger partial charge in [-0.05, 0) is 52.2 Å². The molecule has 25 heavy (non-hydrogen) atoms. The van der Waals surface area contributed by atoms with Crippen LogP contribution in [0.3, 0.4) is 0 Å². The highest BCUT2D eigenvalue weighted by atomic mass is 32.2. The highest BCUT2D eigenvalue weighted by Gasteiger charge is 2.52. The zero-order chi connectivity index (χ0) is 18.5. The van der Waals surface area contributed by atoms with Crippen LogP contribution in [0.2, 0.25) is 0 Å². The van der Waals surface area contributed by atoms with E-state index < -0.39 is 28.3 Å². The normalized spacial score (nSPS) is 23.8. The molecule has 0 bridgehead atoms. The second kappa shape index (κ2) is 6.35. The van der Waals surface area contributed by atoms with E-state index in [0.717, 1.165) is 11.0 Å². The zero-order valence-electron chi connectivity index (χ0n) is 15.5. The predicted molar refractivity (Wildman–Crippen MR) is 96.5 cm³/mol. The van der Waals surface area contributed by atoms with Crippen molar-refractivity contribution in [3.8, 4) is 0 Å². The third-order valence-corrected chi connectivity index (χ3v) is 7.25. The molecule has 1 aromatic rings. The second-order valence-corrected chi connectivity index (χ2v) is 9.56. The minimum Gasteiger partial charge on any atom is -0.399 e. The zero-order valence-corrected chi connectivity index (χ0v) is 16.4. The maximum atomic E-state index is 12.8. The summed E-state index contributed by atoms with van der Waals surface area (Å²) in [6.45, 7) is 11.5. The summed E-state index contributed by atoms with van der Waals surface area (Å²) in [5.74, 6) is 0. The molecule has 2 aliphatic rings. The Hall–Kier alpha value is -0.925. The summed E-state index contributed by atoms with van der Waals surface area (Å²) in [6, 6.07) is 5.13. The number of aryl methyl sites for hydroxylation is 1. The summed E-state index contributed by atoms with van der Waals surface area (Å²) in [5, 5.41) is 0. The first-order valence-electron chi connectivity index (χ1n) is 8.59. The van der Waals surface area contributed by atoms with Crippen molar-refractivity contribution in [2.45, 2.75) is 50.7 Å². The standard InChI is InChI=1S/C17H26BNO5S/c1-13-12-14(25(20,21)19-8-10-22-11-9-19)6-7-15(13)18-23-16(2,3)17(4,5)24-18/h6-7,12H,8-11H2,1-5H3. The molecule has 0 spiro atoms. The van der Waals surface area contributed by atoms with Gasteiger partial charge in [0.15, 0.2) is 0 Å². The molecule has 0 atom stereocenters. The molecule has 3 rings (SSSR count). The number of rotatable bonds is 3. The summed E-state index contributed by atoms with van der Waals surface area (Å²) in [4.78, 5) is 0.298. The van der Waals surface area contributed by atoms with Gasteiger partial charge < -0.3 is 14.0 Å². The summed E-state index contributed by atoms with van der Waals surface area (Å²) in [5.41, 5.74) is 0.845. The van der Waals surface area contributed by atoms with Crippen LogP contribution in [0, 0.1) is 6.92 Å². The van der Waals surface area contributed by atoms with Gasteiger partial charge in [0, 0.05) is 13.1 Å². The number of benzene rings is 1. The topological polar surface area (TPSA) is 65.1 Å². The van der Waals surface area contributed by atoms with E-state index in [9.17, 15) is 8.42 Å². The number of nitrogens with zero attached hydrogens (tertiary/aromatic N) is 1. The molecule has 138 valence electrons. The molecule has 0 radical (unpaired) electrons. The predicted octanol–water partition coefficient (Wildman–Crippen LogP) is 1.32. The third-order valence-electron chi connectivity index (χ3n) is 5.36. The van der Waals surface area contributed by atoms with E-state index in [2.05, 4.69) is 0 Å². The van der Waals surface area contributed by atoms with Gasteiger partial charge in [-0.3, -0.25) is 0 Å². The Morgan fingerprint density at radius 3 is 2.12 bits per heavy atom. The Labute approximate surface area is 150 Å². The lowest BCUT2D eigenvalue weighted by molar-refractivity contribution is 0.00578. The highest BCUT2D eigenvalue weighted by Crippen LogP contribution is 2.36. The summed E-state index contributed by atoms with van der Waals surface area (Å²) < 4.78 is 44.4. The van der Waals surface area contributed by atoms with Gasteiger partial charge in [-0.1, -0.05) is 11.6 Å². The van der Waals surface area contributed by atoms with E-state index in [0.29, 0.717) is 31.2 Å². The highest BCUT2D eigenvalue weighted by molar-refractivity contribution is 7.89. The van der Waals surface area contributed by atoms with Crippen LogP contribution in [0.4, 0.5) is 0 Å². The Balaban J connectivity index is 1.87. The lowest BCUT2D eigenvalue weighted by atomic mass is 9.76. The Morgan fingerprint density at radius 1 is 1.04 bits per heavy atom. The van der Waals surface area contributed by atoms with Gasteiger partial charge in [0.05, 0.1) is 29.3 Å². The molecule has 2 saturated heterocycles. The van der Waals surface area contributed by atoms with Crippen LogP contribution in [0.1, 0.15) is 33.3 Å². The molecule has 2 heterocycles. The number of morpholine rings is 1. The lowest BCUT2D eigenvalue weighted by Gasteiger charge is -2.32. The molecule has 0 aromatic heterocycles. The fourth-order valence-electron chi connectivity index (χ4n) is 2.98. The van der Waals surface area contributed by atoms with Gasteiger partial charge in [0.2, 0.25) is 10.0 Å². The van der Waals surface area contributed by atoms with Crippen molar-refractivity contribution in [2.24, 2.45) is 0 Å². The van der Waals surface area contributed by atoms with Gasteiger partial charge >= 0.3 is 7.12 Å². The summed E-state index contributed by atoms with van der Waals surface area (Å²) in [7, 11) is -3.99. The minimum absolute atomic E-state index is 0.298. The van der Waals surface area contributed by atoms with Gasteiger partial charge in [-0.25, -0.2) is 8.42 Å². The molecular weight excluding hydrogens is 341 g/mol. The number of ether oxygens (including phenoxy) is 1. The van der Waals surface area contributed by atoms with E-state index in [4.69, 9.17) is 14.0 Å². The smallest absolute Gasteiger partial charge is 0.399 e. The molecule has 0 amide bonds. The minimum atomic E-state index is -3.50. The van der Waals surface area contributed by atoms with E-state index in [1.807, 2.05) is 34.6 Å². The van der Waals surface area contributed by atoms with Crippen molar-refractivity contribution in [1.29, 1.82) is 0 Å². The Kier molecular flexibility index (Phi) is 4.79. The van der Waals surface area contributed by atoms with Crippen LogP contribution < -0.4 is 5.46 Å². The maximum absolute atomic E-state index is 12.8. The van der Waals surface area contributed by atoms with Crippen LogP contribution in [0.15, 0.2) is 23.1 Å². The number of hydrogen-bond donors (Lipinski definition) is 0. The van der Waals surface area contributed by atoms with Crippen molar-refractivity contribution in [2.75, 3.05) is 26.3 Å². The molecule has 0 saturated carbocycles. The fourth-order valence-corrected chi connectivity index (χ4v) is 4.47. The molecule has 6 nitrogen and oxygen atoms in total. The molecular formula is C17H26BNO5S. The van der Waals surface area contributed by atoms with Crippen molar-refractivity contribution in [1.82, 2.24) is 4.31 Å². The average Bonchev–Trinajstić information content (AvgIpc) is 2.76. The fraction of sp³-hybridized carbons (Fsp3) is 0.647. The van der Waals surface area contributed by atoms with Crippen molar-refractivity contribution in [3.63, 3.8) is 0 Å². The van der Waals surface area contributed by atoms with E-state index >= 15 is 0 Å². The molecule has 2 aliphatic heterocycles. The van der Waals surface area contributed by atoms with Crippen molar-refractivity contribution in [3.05, 3.63) is 23.8 Å². The van der Waals surface area contributed by atoms with Crippen molar-refractivity contribution < 1.29 is 22.5 Å². The van der Waals surface area contributed by atoms with Gasteiger partial charge in [0.25, 0.3) is 0 Å². The van der Waals surface area contributed by atoms with Crippen LogP contribution >= 0.6 is 0 Å². The number of hydrogen-bond acceptors (Lipinski definition) is 5. The van der Waals surface area contributed by atoms with E-state index in [-0.39, 0.29) is 0 Å². The maximum Gasteiger partial charge on any atom is 0.495 e. The SMILES string of the molecule is Cc1cc(S(=O)(=O)N2CCOCC2)ccc1B1OC(C)(C)C(C)(C)O1. The third kappa shape index (κ3) is 3.38. The van der Waals surface area contributed by atoms with Gasteiger partial charge in [-0.2, -0.15) is 4.31 Å². The largest absolute Gasteiger partial charge is 0.495 e. The monoisotopic (exact) mass is 367 g/mol. The van der Waals surface area contributed by atoms with E-state index in [1.54, 1.807) is 18.2 Å². The molecule has 0 N–H and O–H groups in total. The molecule has 8 heteroatoms. The van der Waals surface area contributed by atoms with Crippen LogP contribution in [-0.4, -0.2) is 57.3 Å². The Bertz CT molecular complexity index is 740. The first kappa shape index (κ1) is 18.9. The first-order chi connectivity index (χ1) is 11.5.